The number of hydrogen-bond acceptors (Lipinski definition) is 1. The maximum Gasteiger partial charge on any atom is 0.00702 e. The Labute approximate surface area is 76.0 Å². The van der Waals surface area contributed by atoms with Crippen molar-refractivity contribution in [3.8, 4) is 0 Å². The Morgan fingerprint density at radius 3 is 2.58 bits per heavy atom. The molecule has 0 spiro atoms. The Morgan fingerprint density at radius 1 is 1.58 bits per heavy atom. The second-order valence-electron chi connectivity index (χ2n) is 4.36. The second kappa shape index (κ2) is 4.08. The fraction of sp³-hybridized carbons (Fsp3) is 0.818. The molecule has 2 atom stereocenters. The third kappa shape index (κ3) is 2.98. The van der Waals surface area contributed by atoms with Crippen LogP contribution in [0.1, 0.15) is 39.5 Å². The summed E-state index contributed by atoms with van der Waals surface area (Å²) >= 11 is 0. The van der Waals surface area contributed by atoms with Gasteiger partial charge in [0.25, 0.3) is 0 Å². The molecule has 2 unspecified atom stereocenters. The van der Waals surface area contributed by atoms with E-state index in [9.17, 15) is 0 Å². The van der Waals surface area contributed by atoms with Gasteiger partial charge in [0.15, 0.2) is 0 Å². The first kappa shape index (κ1) is 9.79. The third-order valence-corrected chi connectivity index (χ3v) is 2.95. The first-order valence-electron chi connectivity index (χ1n) is 5.01. The van der Waals surface area contributed by atoms with Gasteiger partial charge in [0.1, 0.15) is 0 Å². The number of rotatable bonds is 5. The number of hydrogen-bond donors (Lipinski definition) is 1. The van der Waals surface area contributed by atoms with Crippen molar-refractivity contribution in [2.45, 2.75) is 45.6 Å². The molecule has 70 valence electrons. The first-order valence-corrected chi connectivity index (χ1v) is 5.01. The lowest BCUT2D eigenvalue weighted by molar-refractivity contribution is 0.387. The van der Waals surface area contributed by atoms with Gasteiger partial charge in [-0.25, -0.2) is 0 Å². The van der Waals surface area contributed by atoms with Crippen molar-refractivity contribution in [3.05, 3.63) is 12.2 Å². The molecule has 0 aromatic heterocycles. The van der Waals surface area contributed by atoms with Crippen LogP contribution in [0, 0.1) is 11.8 Å². The highest BCUT2D eigenvalue weighted by Crippen LogP contribution is 2.38. The second-order valence-corrected chi connectivity index (χ2v) is 4.36. The average Bonchev–Trinajstić information content (AvgIpc) is 2.80. The molecule has 2 N–H and O–H groups in total. The molecule has 1 saturated carbocycles. The van der Waals surface area contributed by atoms with Gasteiger partial charge in [-0.1, -0.05) is 12.5 Å². The Bertz CT molecular complexity index is 158. The maximum absolute atomic E-state index is 6.07. The summed E-state index contributed by atoms with van der Waals surface area (Å²) in [6, 6.07) is 0.397. The van der Waals surface area contributed by atoms with E-state index in [1.807, 2.05) is 0 Å². The molecule has 0 amide bonds. The Balaban J connectivity index is 2.17. The summed E-state index contributed by atoms with van der Waals surface area (Å²) in [5, 5.41) is 0. The van der Waals surface area contributed by atoms with Crippen molar-refractivity contribution in [3.63, 3.8) is 0 Å². The minimum Gasteiger partial charge on any atom is -0.327 e. The minimum absolute atomic E-state index is 0.397. The van der Waals surface area contributed by atoms with Crippen LogP contribution >= 0.6 is 0 Å². The Hall–Kier alpha value is -0.300. The largest absolute Gasteiger partial charge is 0.327 e. The summed E-state index contributed by atoms with van der Waals surface area (Å²) in [5.41, 5.74) is 7.32. The molecule has 12 heavy (non-hydrogen) atoms. The predicted octanol–water partition coefficient (Wildman–Crippen LogP) is 2.72. The van der Waals surface area contributed by atoms with Crippen LogP contribution in [0.25, 0.3) is 0 Å². The molecule has 0 bridgehead atoms. The van der Waals surface area contributed by atoms with E-state index >= 15 is 0 Å². The molecule has 0 saturated heterocycles. The Morgan fingerprint density at radius 2 is 2.17 bits per heavy atom. The van der Waals surface area contributed by atoms with Crippen LogP contribution in [0.2, 0.25) is 0 Å². The van der Waals surface area contributed by atoms with E-state index < -0.39 is 0 Å². The monoisotopic (exact) mass is 167 g/mol. The van der Waals surface area contributed by atoms with Gasteiger partial charge < -0.3 is 5.73 Å². The van der Waals surface area contributed by atoms with E-state index in [1.165, 1.54) is 18.4 Å². The molecule has 1 nitrogen and oxygen atoms in total. The van der Waals surface area contributed by atoms with Crippen molar-refractivity contribution in [2.75, 3.05) is 0 Å². The first-order chi connectivity index (χ1) is 5.61. The van der Waals surface area contributed by atoms with E-state index in [4.69, 9.17) is 5.73 Å². The minimum atomic E-state index is 0.397. The van der Waals surface area contributed by atoms with Crippen LogP contribution < -0.4 is 5.73 Å². The van der Waals surface area contributed by atoms with Crippen molar-refractivity contribution >= 4 is 0 Å². The molecule has 1 fully saturated rings. The zero-order valence-electron chi connectivity index (χ0n) is 8.34. The van der Waals surface area contributed by atoms with Crippen molar-refractivity contribution in [1.82, 2.24) is 0 Å². The molecule has 0 aliphatic heterocycles. The van der Waals surface area contributed by atoms with Crippen molar-refractivity contribution in [1.29, 1.82) is 0 Å². The van der Waals surface area contributed by atoms with E-state index in [0.717, 1.165) is 24.7 Å². The molecule has 0 aromatic rings. The summed E-state index contributed by atoms with van der Waals surface area (Å²) in [6.45, 7) is 8.26. The SMILES string of the molecule is C=C(C)CCC(N)C(C)C1CC1. The smallest absolute Gasteiger partial charge is 0.00702 e. The van der Waals surface area contributed by atoms with Crippen LogP contribution in [-0.4, -0.2) is 6.04 Å². The molecular formula is C11H21N. The van der Waals surface area contributed by atoms with Crippen LogP contribution in [-0.2, 0) is 0 Å². The normalized spacial score (nSPS) is 21.9. The van der Waals surface area contributed by atoms with Gasteiger partial charge in [-0.05, 0) is 44.4 Å². The van der Waals surface area contributed by atoms with Crippen LogP contribution in [0.4, 0.5) is 0 Å². The predicted molar refractivity (Wildman–Crippen MR) is 53.9 cm³/mol. The highest BCUT2D eigenvalue weighted by molar-refractivity contribution is 4.91. The van der Waals surface area contributed by atoms with Crippen LogP contribution in [0.3, 0.4) is 0 Å². The number of nitrogens with two attached hydrogens (primary N) is 1. The standard InChI is InChI=1S/C11H21N/c1-8(2)4-7-11(12)9(3)10-5-6-10/h9-11H,1,4-7,12H2,2-3H3. The summed E-state index contributed by atoms with van der Waals surface area (Å²) in [7, 11) is 0. The van der Waals surface area contributed by atoms with Gasteiger partial charge in [-0.2, -0.15) is 0 Å². The molecule has 1 aliphatic carbocycles. The summed E-state index contributed by atoms with van der Waals surface area (Å²) in [4.78, 5) is 0. The van der Waals surface area contributed by atoms with Gasteiger partial charge in [-0.15, -0.1) is 6.58 Å². The average molecular weight is 167 g/mol. The van der Waals surface area contributed by atoms with E-state index in [0.29, 0.717) is 6.04 Å². The Kier molecular flexibility index (Phi) is 3.33. The van der Waals surface area contributed by atoms with E-state index in [2.05, 4.69) is 20.4 Å². The van der Waals surface area contributed by atoms with Crippen LogP contribution in [0.15, 0.2) is 12.2 Å². The van der Waals surface area contributed by atoms with Crippen molar-refractivity contribution in [2.24, 2.45) is 17.6 Å². The fourth-order valence-corrected chi connectivity index (χ4v) is 1.65. The van der Waals surface area contributed by atoms with Gasteiger partial charge in [0.2, 0.25) is 0 Å². The molecule has 0 heterocycles. The zero-order valence-corrected chi connectivity index (χ0v) is 8.34. The highest BCUT2D eigenvalue weighted by atomic mass is 14.7. The lowest BCUT2D eigenvalue weighted by Crippen LogP contribution is -2.29. The highest BCUT2D eigenvalue weighted by Gasteiger charge is 2.31. The summed E-state index contributed by atoms with van der Waals surface area (Å²) < 4.78 is 0. The summed E-state index contributed by atoms with van der Waals surface area (Å²) in [5.74, 6) is 1.66. The summed E-state index contributed by atoms with van der Waals surface area (Å²) in [6.07, 6.45) is 5.02. The quantitative estimate of drug-likeness (QED) is 0.626. The lowest BCUT2D eigenvalue weighted by atomic mass is 9.93. The van der Waals surface area contributed by atoms with Crippen molar-refractivity contribution < 1.29 is 0 Å². The molecule has 1 aliphatic rings. The van der Waals surface area contributed by atoms with E-state index in [-0.39, 0.29) is 0 Å². The van der Waals surface area contributed by atoms with Crippen LogP contribution in [0.5, 0.6) is 0 Å². The van der Waals surface area contributed by atoms with Gasteiger partial charge in [0.05, 0.1) is 0 Å². The molecular weight excluding hydrogens is 146 g/mol. The van der Waals surface area contributed by atoms with Gasteiger partial charge in [-0.3, -0.25) is 0 Å². The molecule has 1 heteroatoms. The third-order valence-electron chi connectivity index (χ3n) is 2.95. The lowest BCUT2D eigenvalue weighted by Gasteiger charge is -2.19. The van der Waals surface area contributed by atoms with Gasteiger partial charge >= 0.3 is 0 Å². The zero-order chi connectivity index (χ0) is 9.14. The topological polar surface area (TPSA) is 26.0 Å². The maximum atomic E-state index is 6.07. The molecule has 0 aromatic carbocycles. The fourth-order valence-electron chi connectivity index (χ4n) is 1.65. The molecule has 1 rings (SSSR count). The van der Waals surface area contributed by atoms with Gasteiger partial charge in [0, 0.05) is 6.04 Å². The number of allylic oxidation sites excluding steroid dienone is 1. The van der Waals surface area contributed by atoms with E-state index in [1.54, 1.807) is 0 Å². The molecule has 0 radical (unpaired) electrons.